The number of benzene rings is 4. The van der Waals surface area contributed by atoms with Gasteiger partial charge in [-0.05, 0) is 66.4 Å². The minimum absolute atomic E-state index is 0.0488. The van der Waals surface area contributed by atoms with Crippen LogP contribution in [-0.2, 0) is 32.7 Å². The van der Waals surface area contributed by atoms with Gasteiger partial charge in [-0.2, -0.15) is 0 Å². The average Bonchev–Trinajstić information content (AvgIpc) is 3.10. The molecular formula is C39H45N3O6S. The highest BCUT2D eigenvalue weighted by Gasteiger charge is 2.17. The van der Waals surface area contributed by atoms with Gasteiger partial charge in [0.05, 0.1) is 23.3 Å². The van der Waals surface area contributed by atoms with Gasteiger partial charge < -0.3 is 19.9 Å². The molecule has 0 heterocycles. The van der Waals surface area contributed by atoms with E-state index in [-0.39, 0.29) is 4.90 Å². The highest BCUT2D eigenvalue weighted by molar-refractivity contribution is 7.89. The number of nitrogens with one attached hydrogen (secondary N) is 1. The van der Waals surface area contributed by atoms with Crippen LogP contribution >= 0.6 is 0 Å². The smallest absolute Gasteiger partial charge is 0.238 e. The van der Waals surface area contributed by atoms with Crippen LogP contribution in [0.5, 0.6) is 5.75 Å². The van der Waals surface area contributed by atoms with Gasteiger partial charge >= 0.3 is 0 Å². The van der Waals surface area contributed by atoms with Crippen molar-refractivity contribution in [3.8, 4) is 17.6 Å². The molecule has 0 unspecified atom stereocenters. The number of sulfonamides is 1. The van der Waals surface area contributed by atoms with E-state index in [1.807, 2.05) is 54.6 Å². The van der Waals surface area contributed by atoms with Crippen LogP contribution in [0.1, 0.15) is 60.5 Å². The molecule has 1 amide bonds. The zero-order chi connectivity index (χ0) is 34.7. The predicted octanol–water partition coefficient (Wildman–Crippen LogP) is 6.04. The summed E-state index contributed by atoms with van der Waals surface area (Å²) in [6.45, 7) is 3.51. The second-order valence-corrected chi connectivity index (χ2v) is 13.2. The van der Waals surface area contributed by atoms with Crippen molar-refractivity contribution in [1.29, 1.82) is 0 Å². The Bertz CT molecular complexity index is 1760. The fourth-order valence-corrected chi connectivity index (χ4v) is 5.81. The van der Waals surface area contributed by atoms with Crippen LogP contribution in [0.25, 0.3) is 0 Å². The summed E-state index contributed by atoms with van der Waals surface area (Å²) in [7, 11) is -3.75. The summed E-state index contributed by atoms with van der Waals surface area (Å²) < 4.78 is 34.7. The maximum atomic E-state index is 11.5. The average molecular weight is 684 g/mol. The first-order valence-corrected chi connectivity index (χ1v) is 18.0. The van der Waals surface area contributed by atoms with E-state index in [2.05, 4.69) is 34.2 Å². The summed E-state index contributed by atoms with van der Waals surface area (Å²) in [6.07, 6.45) is 4.39. The van der Waals surface area contributed by atoms with Gasteiger partial charge in [0.1, 0.15) is 12.4 Å². The Kier molecular flexibility index (Phi) is 15.3. The van der Waals surface area contributed by atoms with Crippen LogP contribution in [0.15, 0.2) is 108 Å². The summed E-state index contributed by atoms with van der Waals surface area (Å²) in [6, 6.07) is 31.7. The molecule has 0 saturated heterocycles. The third-order valence-corrected chi connectivity index (χ3v) is 8.71. The van der Waals surface area contributed by atoms with Crippen LogP contribution < -0.4 is 15.2 Å². The highest BCUT2D eigenvalue weighted by Crippen LogP contribution is 2.29. The topological polar surface area (TPSA) is 131 Å². The first kappa shape index (κ1) is 37.3. The molecule has 49 heavy (non-hydrogen) atoms. The lowest BCUT2D eigenvalue weighted by Gasteiger charge is -2.26. The fourth-order valence-electron chi connectivity index (χ4n) is 5.25. The molecule has 0 aromatic heterocycles. The molecule has 0 bridgehead atoms. The number of hydrogen-bond donors (Lipinski definition) is 3. The van der Waals surface area contributed by atoms with E-state index in [1.54, 1.807) is 24.3 Å². The van der Waals surface area contributed by atoms with Crippen molar-refractivity contribution in [3.05, 3.63) is 125 Å². The van der Waals surface area contributed by atoms with Gasteiger partial charge in [0.25, 0.3) is 0 Å². The Morgan fingerprint density at radius 1 is 0.857 bits per heavy atom. The van der Waals surface area contributed by atoms with E-state index in [0.29, 0.717) is 68.3 Å². The van der Waals surface area contributed by atoms with Gasteiger partial charge in [-0.1, -0.05) is 97.5 Å². The Morgan fingerprint density at radius 2 is 1.59 bits per heavy atom. The van der Waals surface area contributed by atoms with E-state index >= 15 is 0 Å². The van der Waals surface area contributed by atoms with Crippen molar-refractivity contribution in [1.82, 2.24) is 4.90 Å². The summed E-state index contributed by atoms with van der Waals surface area (Å²) in [5.74, 6) is 6.51. The standard InChI is InChI=1S/C39H45N3O6S/c40-49(45,46)36-20-13-19-32(26-36)14-9-12-25-47-24-11-2-1-10-23-42(28-33-15-5-3-6-16-33)29-38(44)35-21-22-39(37(27-35)41-31-43)48-30-34-17-7-4-8-18-34/h3-8,13,15-22,26-27,31,38,44H,1-2,10-12,23-25,28-30H2,(H,41,43)(H2,40,45,46)/t38-/m1/s1. The number of aliphatic hydroxyl groups is 1. The van der Waals surface area contributed by atoms with E-state index in [0.717, 1.165) is 37.8 Å². The maximum Gasteiger partial charge on any atom is 0.238 e. The molecule has 4 aromatic carbocycles. The largest absolute Gasteiger partial charge is 0.487 e. The molecule has 10 heteroatoms. The number of nitrogens with two attached hydrogens (primary N) is 1. The second-order valence-electron chi connectivity index (χ2n) is 11.7. The minimum atomic E-state index is -3.75. The van der Waals surface area contributed by atoms with Crippen molar-refractivity contribution in [2.45, 2.75) is 56.3 Å². The number of carbonyl (C=O) groups excluding carboxylic acids is 1. The van der Waals surface area contributed by atoms with Crippen LogP contribution in [0.2, 0.25) is 0 Å². The lowest BCUT2D eigenvalue weighted by atomic mass is 10.1. The molecule has 0 aliphatic carbocycles. The van der Waals surface area contributed by atoms with Crippen LogP contribution in [-0.4, -0.2) is 51.1 Å². The van der Waals surface area contributed by atoms with E-state index in [9.17, 15) is 18.3 Å². The minimum Gasteiger partial charge on any atom is -0.487 e. The summed E-state index contributed by atoms with van der Waals surface area (Å²) in [5.41, 5.74) is 4.01. The third-order valence-electron chi connectivity index (χ3n) is 7.80. The quantitative estimate of drug-likeness (QED) is 0.0589. The molecule has 258 valence electrons. The van der Waals surface area contributed by atoms with Gasteiger partial charge in [-0.3, -0.25) is 9.69 Å². The summed E-state index contributed by atoms with van der Waals surface area (Å²) in [5, 5.41) is 19.2. The van der Waals surface area contributed by atoms with Crippen LogP contribution in [0.3, 0.4) is 0 Å². The molecule has 0 fully saturated rings. The van der Waals surface area contributed by atoms with Gasteiger partial charge in [-0.15, -0.1) is 0 Å². The van der Waals surface area contributed by atoms with E-state index in [1.165, 1.54) is 17.7 Å². The third kappa shape index (κ3) is 13.5. The number of primary sulfonamides is 1. The molecule has 4 aromatic rings. The first-order chi connectivity index (χ1) is 23.8. The van der Waals surface area contributed by atoms with Gasteiger partial charge in [0.2, 0.25) is 16.4 Å². The number of amides is 1. The number of rotatable bonds is 20. The highest BCUT2D eigenvalue weighted by atomic mass is 32.2. The van der Waals surface area contributed by atoms with Crippen molar-refractivity contribution in [2.75, 3.05) is 31.6 Å². The number of ether oxygens (including phenoxy) is 2. The maximum absolute atomic E-state index is 11.5. The fraction of sp³-hybridized carbons (Fsp3) is 0.308. The van der Waals surface area contributed by atoms with E-state index in [4.69, 9.17) is 14.6 Å². The molecule has 0 spiro atoms. The van der Waals surface area contributed by atoms with Crippen molar-refractivity contribution < 1.29 is 27.8 Å². The molecule has 0 saturated carbocycles. The molecule has 0 aliphatic heterocycles. The Morgan fingerprint density at radius 3 is 2.33 bits per heavy atom. The first-order valence-electron chi connectivity index (χ1n) is 16.5. The lowest BCUT2D eigenvalue weighted by Crippen LogP contribution is -2.29. The number of carbonyl (C=O) groups is 1. The van der Waals surface area contributed by atoms with E-state index < -0.39 is 16.1 Å². The Labute approximate surface area is 290 Å². The number of hydrogen-bond acceptors (Lipinski definition) is 7. The normalized spacial score (nSPS) is 11.8. The SMILES string of the molecule is NS(=O)(=O)c1cccc(C#CCCOCCCCCCN(Cc2ccccc2)C[C@@H](O)c2ccc(OCc3ccccc3)c(NC=O)c2)c1. The number of nitrogens with zero attached hydrogens (tertiary/aromatic N) is 1. The van der Waals surface area contributed by atoms with Crippen LogP contribution in [0, 0.1) is 11.8 Å². The molecular weight excluding hydrogens is 639 g/mol. The molecule has 1 atom stereocenters. The van der Waals surface area contributed by atoms with Crippen molar-refractivity contribution in [2.24, 2.45) is 5.14 Å². The van der Waals surface area contributed by atoms with Crippen molar-refractivity contribution >= 4 is 22.1 Å². The Balaban J connectivity index is 1.21. The van der Waals surface area contributed by atoms with Crippen LogP contribution in [0.4, 0.5) is 5.69 Å². The molecule has 0 radical (unpaired) electrons. The number of aliphatic hydroxyl groups excluding tert-OH is 1. The zero-order valence-corrected chi connectivity index (χ0v) is 28.5. The number of unbranched alkanes of at least 4 members (excludes halogenated alkanes) is 3. The van der Waals surface area contributed by atoms with Gasteiger partial charge in [0, 0.05) is 31.7 Å². The molecule has 4 rings (SSSR count). The van der Waals surface area contributed by atoms with Gasteiger partial charge in [-0.25, -0.2) is 13.6 Å². The molecule has 0 aliphatic rings. The lowest BCUT2D eigenvalue weighted by molar-refractivity contribution is -0.105. The van der Waals surface area contributed by atoms with Crippen molar-refractivity contribution in [3.63, 3.8) is 0 Å². The zero-order valence-electron chi connectivity index (χ0n) is 27.7. The summed E-state index contributed by atoms with van der Waals surface area (Å²) >= 11 is 0. The second kappa shape index (κ2) is 20.1. The monoisotopic (exact) mass is 683 g/mol. The van der Waals surface area contributed by atoms with Gasteiger partial charge in [0.15, 0.2) is 0 Å². The predicted molar refractivity (Wildman–Crippen MR) is 192 cm³/mol. The molecule has 9 nitrogen and oxygen atoms in total. The summed E-state index contributed by atoms with van der Waals surface area (Å²) in [4.78, 5) is 13.7. The number of anilines is 1. The molecule has 4 N–H and O–H groups in total. The Hall–Kier alpha value is -4.50.